The third kappa shape index (κ3) is 4.59. The number of hydrogen-bond acceptors (Lipinski definition) is 8. The Labute approximate surface area is 145 Å². The van der Waals surface area contributed by atoms with Crippen molar-refractivity contribution in [1.82, 2.24) is 9.55 Å². The summed E-state index contributed by atoms with van der Waals surface area (Å²) in [6.45, 7) is 2.12. The lowest BCUT2D eigenvalue weighted by atomic mass is 10.1. The van der Waals surface area contributed by atoms with E-state index in [9.17, 15) is 4.79 Å². The fraction of sp³-hybridized carbons (Fsp3) is 0.643. The van der Waals surface area contributed by atoms with E-state index in [1.807, 2.05) is 4.57 Å². The molecule has 2 atom stereocenters. The fourth-order valence-corrected chi connectivity index (χ4v) is 2.72. The van der Waals surface area contributed by atoms with Gasteiger partial charge in [0.05, 0.1) is 12.9 Å². The van der Waals surface area contributed by atoms with Gasteiger partial charge in [-0.05, 0) is 0 Å². The van der Waals surface area contributed by atoms with E-state index in [-0.39, 0.29) is 24.5 Å². The third-order valence-corrected chi connectivity index (χ3v) is 3.92. The number of imidazole rings is 1. The SMILES string of the molecule is COC(CC(COC(C)=O)Cn1cnc2c1NC(N)=NC2Cl)OC. The number of nitrogens with two attached hydrogens (primary N) is 1. The number of hydrogen-bond donors (Lipinski definition) is 2. The number of ether oxygens (including phenoxy) is 3. The number of aliphatic imine (C=N–C) groups is 1. The average molecular weight is 360 g/mol. The van der Waals surface area contributed by atoms with E-state index in [1.165, 1.54) is 6.92 Å². The van der Waals surface area contributed by atoms with Gasteiger partial charge in [0.25, 0.3) is 0 Å². The Morgan fingerprint density at radius 3 is 2.83 bits per heavy atom. The van der Waals surface area contributed by atoms with Crippen molar-refractivity contribution in [3.63, 3.8) is 0 Å². The van der Waals surface area contributed by atoms with Crippen LogP contribution in [0.25, 0.3) is 0 Å². The zero-order chi connectivity index (χ0) is 17.7. The molecule has 0 bridgehead atoms. The maximum atomic E-state index is 11.1. The average Bonchev–Trinajstić information content (AvgIpc) is 2.92. The molecule has 0 amide bonds. The smallest absolute Gasteiger partial charge is 0.302 e. The molecule has 0 aromatic carbocycles. The number of fused-ring (bicyclic) bond motifs is 1. The lowest BCUT2D eigenvalue weighted by Crippen LogP contribution is -2.30. The number of aromatic nitrogens is 2. The van der Waals surface area contributed by atoms with Crippen molar-refractivity contribution in [2.45, 2.75) is 31.7 Å². The van der Waals surface area contributed by atoms with E-state index in [2.05, 4.69) is 15.3 Å². The molecule has 2 rings (SSSR count). The normalized spacial score (nSPS) is 17.9. The number of nitrogens with one attached hydrogen (secondary N) is 1. The number of nitrogens with zero attached hydrogens (tertiary/aromatic N) is 3. The van der Waals surface area contributed by atoms with Crippen molar-refractivity contribution in [1.29, 1.82) is 0 Å². The van der Waals surface area contributed by atoms with Gasteiger partial charge < -0.3 is 29.8 Å². The Balaban J connectivity index is 2.13. The molecule has 1 aliphatic rings. The molecule has 24 heavy (non-hydrogen) atoms. The predicted molar refractivity (Wildman–Crippen MR) is 88.6 cm³/mol. The highest BCUT2D eigenvalue weighted by atomic mass is 35.5. The van der Waals surface area contributed by atoms with Gasteiger partial charge >= 0.3 is 5.97 Å². The summed E-state index contributed by atoms with van der Waals surface area (Å²) in [5.74, 6) is 0.524. The van der Waals surface area contributed by atoms with E-state index in [0.29, 0.717) is 24.5 Å². The fourth-order valence-electron chi connectivity index (χ4n) is 2.45. The van der Waals surface area contributed by atoms with Gasteiger partial charge in [-0.1, -0.05) is 11.6 Å². The van der Waals surface area contributed by atoms with E-state index in [4.69, 9.17) is 31.5 Å². The minimum atomic E-state index is -0.625. The Morgan fingerprint density at radius 1 is 1.50 bits per heavy atom. The molecule has 0 spiro atoms. The second-order valence-electron chi connectivity index (χ2n) is 5.41. The quantitative estimate of drug-likeness (QED) is 0.308. The molecule has 1 aliphatic heterocycles. The molecule has 2 unspecified atom stereocenters. The van der Waals surface area contributed by atoms with E-state index in [1.54, 1.807) is 20.5 Å². The largest absolute Gasteiger partial charge is 0.466 e. The minimum Gasteiger partial charge on any atom is -0.466 e. The van der Waals surface area contributed by atoms with Crippen LogP contribution in [0.15, 0.2) is 11.3 Å². The van der Waals surface area contributed by atoms with Crippen LogP contribution in [0.4, 0.5) is 5.82 Å². The van der Waals surface area contributed by atoms with Crippen LogP contribution in [0.1, 0.15) is 24.5 Å². The van der Waals surface area contributed by atoms with Crippen LogP contribution in [-0.4, -0.2) is 48.6 Å². The second-order valence-corrected chi connectivity index (χ2v) is 5.82. The standard InChI is InChI=1S/C14H22ClN5O4/c1-8(21)24-6-9(4-10(22-2)23-3)5-20-7-17-11-12(15)18-14(16)19-13(11)20/h7,9-10,12H,4-6H2,1-3H3,(H3,16,18,19). The number of halogens is 1. The maximum absolute atomic E-state index is 11.1. The Kier molecular flexibility index (Phi) is 6.41. The molecule has 0 saturated carbocycles. The summed E-state index contributed by atoms with van der Waals surface area (Å²) in [4.78, 5) is 19.4. The molecule has 134 valence electrons. The van der Waals surface area contributed by atoms with Crippen molar-refractivity contribution in [2.24, 2.45) is 16.6 Å². The van der Waals surface area contributed by atoms with Crippen LogP contribution in [0.3, 0.4) is 0 Å². The topological polar surface area (TPSA) is 113 Å². The molecule has 2 heterocycles. The van der Waals surface area contributed by atoms with E-state index >= 15 is 0 Å². The molecule has 10 heteroatoms. The number of carbonyl (C=O) groups is 1. The number of carbonyl (C=O) groups excluding carboxylic acids is 1. The monoisotopic (exact) mass is 359 g/mol. The van der Waals surface area contributed by atoms with Gasteiger partial charge in [0, 0.05) is 40.0 Å². The molecular formula is C14H22ClN5O4. The van der Waals surface area contributed by atoms with Crippen LogP contribution >= 0.6 is 11.6 Å². The summed E-state index contributed by atoms with van der Waals surface area (Å²) in [7, 11) is 3.12. The van der Waals surface area contributed by atoms with Crippen LogP contribution in [0.2, 0.25) is 0 Å². The number of guanidine groups is 1. The summed E-state index contributed by atoms with van der Waals surface area (Å²) in [6, 6.07) is 0. The lowest BCUT2D eigenvalue weighted by Gasteiger charge is -2.24. The summed E-state index contributed by atoms with van der Waals surface area (Å²) in [5, 5.41) is 2.96. The number of methoxy groups -OCH3 is 2. The summed E-state index contributed by atoms with van der Waals surface area (Å²) in [5.41, 5.74) is 5.70. The Morgan fingerprint density at radius 2 is 2.21 bits per heavy atom. The molecule has 0 saturated heterocycles. The van der Waals surface area contributed by atoms with Crippen molar-refractivity contribution in [3.8, 4) is 0 Å². The van der Waals surface area contributed by atoms with Crippen LogP contribution < -0.4 is 11.1 Å². The first kappa shape index (κ1) is 18.5. The van der Waals surface area contributed by atoms with Gasteiger partial charge in [-0.2, -0.15) is 0 Å². The summed E-state index contributed by atoms with van der Waals surface area (Å²) >= 11 is 6.13. The third-order valence-electron chi connectivity index (χ3n) is 3.62. The van der Waals surface area contributed by atoms with Crippen molar-refractivity contribution < 1.29 is 19.0 Å². The lowest BCUT2D eigenvalue weighted by molar-refractivity contribution is -0.146. The zero-order valence-corrected chi connectivity index (χ0v) is 14.6. The minimum absolute atomic E-state index is 0.0484. The zero-order valence-electron chi connectivity index (χ0n) is 13.9. The second kappa shape index (κ2) is 8.32. The first-order valence-corrected chi connectivity index (χ1v) is 7.86. The molecule has 1 aromatic heterocycles. The van der Waals surface area contributed by atoms with Gasteiger partial charge in [0.15, 0.2) is 17.8 Å². The summed E-state index contributed by atoms with van der Waals surface area (Å²) in [6.07, 6.45) is 1.79. The molecule has 0 radical (unpaired) electrons. The molecule has 9 nitrogen and oxygen atoms in total. The van der Waals surface area contributed by atoms with Crippen molar-refractivity contribution in [3.05, 3.63) is 12.0 Å². The van der Waals surface area contributed by atoms with Crippen LogP contribution in [0.5, 0.6) is 0 Å². The van der Waals surface area contributed by atoms with Gasteiger partial charge in [0.1, 0.15) is 11.5 Å². The number of esters is 1. The van der Waals surface area contributed by atoms with Crippen LogP contribution in [-0.2, 0) is 25.5 Å². The van der Waals surface area contributed by atoms with Gasteiger partial charge in [-0.3, -0.25) is 4.79 Å². The maximum Gasteiger partial charge on any atom is 0.302 e. The Bertz CT molecular complexity index is 602. The van der Waals surface area contributed by atoms with E-state index in [0.717, 1.165) is 0 Å². The molecule has 0 fully saturated rings. The van der Waals surface area contributed by atoms with E-state index < -0.39 is 11.8 Å². The first-order chi connectivity index (χ1) is 11.4. The van der Waals surface area contributed by atoms with Crippen LogP contribution in [0, 0.1) is 5.92 Å². The van der Waals surface area contributed by atoms with Gasteiger partial charge in [0.2, 0.25) is 0 Å². The van der Waals surface area contributed by atoms with Crippen molar-refractivity contribution in [2.75, 3.05) is 26.1 Å². The Hall–Kier alpha value is -1.84. The molecule has 3 N–H and O–H groups in total. The van der Waals surface area contributed by atoms with Gasteiger partial charge in [-0.25, -0.2) is 9.98 Å². The van der Waals surface area contributed by atoms with Crippen molar-refractivity contribution >= 4 is 29.3 Å². The molecular weight excluding hydrogens is 338 g/mol. The van der Waals surface area contributed by atoms with Gasteiger partial charge in [-0.15, -0.1) is 0 Å². The highest BCUT2D eigenvalue weighted by molar-refractivity contribution is 6.22. The number of alkyl halides is 1. The first-order valence-electron chi connectivity index (χ1n) is 7.43. The predicted octanol–water partition coefficient (Wildman–Crippen LogP) is 1.05. The highest BCUT2D eigenvalue weighted by Crippen LogP contribution is 2.31. The molecule has 0 aliphatic carbocycles. The number of rotatable bonds is 8. The highest BCUT2D eigenvalue weighted by Gasteiger charge is 2.26. The molecule has 1 aromatic rings. The summed E-state index contributed by atoms with van der Waals surface area (Å²) < 4.78 is 17.5. The number of anilines is 1.